The van der Waals surface area contributed by atoms with Crippen molar-refractivity contribution >= 4 is 17.5 Å². The molecular formula is C22H22ClFN4O3. The van der Waals surface area contributed by atoms with Gasteiger partial charge < -0.3 is 5.32 Å². The van der Waals surface area contributed by atoms with Crippen molar-refractivity contribution in [2.75, 3.05) is 0 Å². The number of carbonyl (C=O) groups excluding carboxylic acids is 1. The topological polar surface area (TPSA) is 86.0 Å². The molecule has 3 aromatic rings. The molecule has 7 nitrogen and oxygen atoms in total. The van der Waals surface area contributed by atoms with Crippen LogP contribution in [0.5, 0.6) is 0 Å². The van der Waals surface area contributed by atoms with Crippen molar-refractivity contribution < 1.29 is 9.18 Å². The average Bonchev–Trinajstić information content (AvgIpc) is 2.73. The summed E-state index contributed by atoms with van der Waals surface area (Å²) in [5, 5.41) is 7.11. The van der Waals surface area contributed by atoms with Gasteiger partial charge in [0.2, 0.25) is 5.69 Å². The first-order valence-corrected chi connectivity index (χ1v) is 10.1. The highest BCUT2D eigenvalue weighted by Gasteiger charge is 2.21. The quantitative estimate of drug-likeness (QED) is 0.633. The van der Waals surface area contributed by atoms with Crippen molar-refractivity contribution in [3.63, 3.8) is 0 Å². The zero-order chi connectivity index (χ0) is 22.7. The zero-order valence-electron chi connectivity index (χ0n) is 17.4. The Labute approximate surface area is 183 Å². The minimum absolute atomic E-state index is 0.102. The third kappa shape index (κ3) is 4.91. The van der Waals surface area contributed by atoms with Gasteiger partial charge in [0.1, 0.15) is 5.82 Å². The normalized spacial score (nSPS) is 11.9. The van der Waals surface area contributed by atoms with E-state index in [1.807, 2.05) is 6.92 Å². The first kappa shape index (κ1) is 22.4. The Hall–Kier alpha value is -3.26. The van der Waals surface area contributed by atoms with Gasteiger partial charge in [-0.25, -0.2) is 9.18 Å². The summed E-state index contributed by atoms with van der Waals surface area (Å²) in [5.41, 5.74) is -1.01. The third-order valence-electron chi connectivity index (χ3n) is 4.89. The summed E-state index contributed by atoms with van der Waals surface area (Å²) in [6.07, 6.45) is 0.644. The van der Waals surface area contributed by atoms with E-state index in [1.165, 1.54) is 12.1 Å². The van der Waals surface area contributed by atoms with E-state index in [4.69, 9.17) is 11.6 Å². The minimum Gasteiger partial charge on any atom is -0.348 e. The summed E-state index contributed by atoms with van der Waals surface area (Å²) in [4.78, 5) is 38.8. The number of carbonyl (C=O) groups is 1. The van der Waals surface area contributed by atoms with Gasteiger partial charge >= 0.3 is 5.69 Å². The number of benzene rings is 2. The van der Waals surface area contributed by atoms with E-state index in [0.29, 0.717) is 22.6 Å². The van der Waals surface area contributed by atoms with Crippen molar-refractivity contribution in [3.8, 4) is 5.69 Å². The number of hydrogen-bond acceptors (Lipinski definition) is 4. The molecule has 162 valence electrons. The van der Waals surface area contributed by atoms with Gasteiger partial charge in [-0.3, -0.25) is 14.2 Å². The lowest BCUT2D eigenvalue weighted by Crippen LogP contribution is -2.47. The number of amides is 1. The minimum atomic E-state index is -0.838. The molecule has 0 fully saturated rings. The van der Waals surface area contributed by atoms with Gasteiger partial charge in [0.25, 0.3) is 11.5 Å². The molecule has 0 aliphatic carbocycles. The van der Waals surface area contributed by atoms with Gasteiger partial charge in [0.05, 0.1) is 12.2 Å². The van der Waals surface area contributed by atoms with E-state index in [0.717, 1.165) is 15.3 Å². The van der Waals surface area contributed by atoms with E-state index in [1.54, 1.807) is 38.1 Å². The number of nitrogens with zero attached hydrogens (tertiary/aromatic N) is 3. The summed E-state index contributed by atoms with van der Waals surface area (Å²) < 4.78 is 15.9. The molecule has 1 aromatic heterocycles. The molecule has 1 heterocycles. The predicted octanol–water partition coefficient (Wildman–Crippen LogP) is 3.07. The second kappa shape index (κ2) is 9.26. The standard InChI is InChI=1S/C22H22ClFN4O3/c1-4-14(3)25-20(29)19-21(30)27(12-15-6-5-7-16(23)10-15)22(31)28(26-19)17-9-8-13(2)18(24)11-17/h5-11,14H,4,12H2,1-3H3,(H,25,29)/t14-/m1/s1. The number of aromatic nitrogens is 3. The Morgan fingerprint density at radius 1 is 1.23 bits per heavy atom. The number of halogens is 2. The molecule has 2 aromatic carbocycles. The van der Waals surface area contributed by atoms with Gasteiger partial charge in [0.15, 0.2) is 0 Å². The van der Waals surface area contributed by atoms with E-state index < -0.39 is 28.7 Å². The molecule has 0 unspecified atom stereocenters. The first-order chi connectivity index (χ1) is 14.7. The van der Waals surface area contributed by atoms with Gasteiger partial charge in [0, 0.05) is 17.1 Å². The van der Waals surface area contributed by atoms with Crippen LogP contribution in [0.1, 0.15) is 41.9 Å². The first-order valence-electron chi connectivity index (χ1n) is 9.77. The molecule has 3 rings (SSSR count). The molecule has 0 saturated heterocycles. The molecule has 0 aliphatic rings. The Bertz CT molecular complexity index is 1250. The molecule has 1 atom stereocenters. The van der Waals surface area contributed by atoms with Gasteiger partial charge in [-0.05, 0) is 49.6 Å². The van der Waals surface area contributed by atoms with Gasteiger partial charge in [-0.15, -0.1) is 0 Å². The largest absolute Gasteiger partial charge is 0.352 e. The summed E-state index contributed by atoms with van der Waals surface area (Å²) in [7, 11) is 0. The molecule has 0 radical (unpaired) electrons. The maximum Gasteiger partial charge on any atom is 0.352 e. The van der Waals surface area contributed by atoms with Crippen LogP contribution in [0.25, 0.3) is 5.69 Å². The number of hydrogen-bond donors (Lipinski definition) is 1. The summed E-state index contributed by atoms with van der Waals surface area (Å²) >= 11 is 6.02. The summed E-state index contributed by atoms with van der Waals surface area (Å²) in [6.45, 7) is 5.12. The Balaban J connectivity index is 2.21. The maximum absolute atomic E-state index is 14.1. The van der Waals surface area contributed by atoms with E-state index in [-0.39, 0.29) is 18.3 Å². The highest BCUT2D eigenvalue weighted by Crippen LogP contribution is 2.13. The molecule has 9 heteroatoms. The highest BCUT2D eigenvalue weighted by molar-refractivity contribution is 6.30. The van der Waals surface area contributed by atoms with Crippen LogP contribution in [0.4, 0.5) is 4.39 Å². The van der Waals surface area contributed by atoms with Crippen molar-refractivity contribution in [1.29, 1.82) is 0 Å². The lowest BCUT2D eigenvalue weighted by atomic mass is 10.2. The Morgan fingerprint density at radius 2 is 1.97 bits per heavy atom. The van der Waals surface area contributed by atoms with Crippen LogP contribution in [-0.2, 0) is 6.54 Å². The van der Waals surface area contributed by atoms with Crippen LogP contribution < -0.4 is 16.6 Å². The van der Waals surface area contributed by atoms with E-state index in [2.05, 4.69) is 10.4 Å². The Morgan fingerprint density at radius 3 is 2.61 bits per heavy atom. The van der Waals surface area contributed by atoms with Crippen molar-refractivity contribution in [3.05, 3.63) is 91.0 Å². The fourth-order valence-corrected chi connectivity index (χ4v) is 3.10. The smallest absolute Gasteiger partial charge is 0.348 e. The second-order valence-electron chi connectivity index (χ2n) is 7.28. The maximum atomic E-state index is 14.1. The van der Waals surface area contributed by atoms with Crippen LogP contribution in [0.15, 0.2) is 52.1 Å². The van der Waals surface area contributed by atoms with Crippen molar-refractivity contribution in [2.45, 2.75) is 39.8 Å². The lowest BCUT2D eigenvalue weighted by molar-refractivity contribution is 0.0929. The molecule has 1 N–H and O–H groups in total. The van der Waals surface area contributed by atoms with E-state index in [9.17, 15) is 18.8 Å². The lowest BCUT2D eigenvalue weighted by Gasteiger charge is -2.14. The molecule has 0 saturated carbocycles. The van der Waals surface area contributed by atoms with Gasteiger partial charge in [-0.1, -0.05) is 36.7 Å². The van der Waals surface area contributed by atoms with Gasteiger partial charge in [-0.2, -0.15) is 9.78 Å². The molecule has 0 spiro atoms. The molecule has 0 bridgehead atoms. The number of nitrogens with one attached hydrogen (secondary N) is 1. The summed E-state index contributed by atoms with van der Waals surface area (Å²) in [6, 6.07) is 10.6. The average molecular weight is 445 g/mol. The van der Waals surface area contributed by atoms with Crippen molar-refractivity contribution in [2.24, 2.45) is 0 Å². The predicted molar refractivity (Wildman–Crippen MR) is 117 cm³/mol. The fourth-order valence-electron chi connectivity index (χ4n) is 2.89. The van der Waals surface area contributed by atoms with Crippen molar-refractivity contribution in [1.82, 2.24) is 19.7 Å². The van der Waals surface area contributed by atoms with Crippen LogP contribution in [-0.4, -0.2) is 26.3 Å². The van der Waals surface area contributed by atoms with Crippen LogP contribution in [0.2, 0.25) is 5.02 Å². The molecule has 31 heavy (non-hydrogen) atoms. The highest BCUT2D eigenvalue weighted by atomic mass is 35.5. The van der Waals surface area contributed by atoms with E-state index >= 15 is 0 Å². The molecule has 0 aliphatic heterocycles. The third-order valence-corrected chi connectivity index (χ3v) is 5.13. The van der Waals surface area contributed by atoms with Crippen LogP contribution >= 0.6 is 11.6 Å². The molecular weight excluding hydrogens is 423 g/mol. The number of rotatable bonds is 6. The fraction of sp³-hybridized carbons (Fsp3) is 0.273. The summed E-state index contributed by atoms with van der Waals surface area (Å²) in [5.74, 6) is -1.25. The molecule has 1 amide bonds. The van der Waals surface area contributed by atoms with Crippen LogP contribution in [0.3, 0.4) is 0 Å². The Kier molecular flexibility index (Phi) is 6.70. The zero-order valence-corrected chi connectivity index (χ0v) is 18.1. The number of aryl methyl sites for hydroxylation is 1. The second-order valence-corrected chi connectivity index (χ2v) is 7.72. The monoisotopic (exact) mass is 444 g/mol. The van der Waals surface area contributed by atoms with Crippen LogP contribution in [0, 0.1) is 12.7 Å². The SMILES string of the molecule is CC[C@@H](C)NC(=O)c1nn(-c2ccc(C)c(F)c2)c(=O)n(Cc2cccc(Cl)c2)c1=O.